The Kier molecular flexibility index (Phi) is 6.66. The number of alkyl halides is 2. The third-order valence-electron chi connectivity index (χ3n) is 3.57. The maximum Gasteiger partial charge on any atom is 0.394 e. The zero-order chi connectivity index (χ0) is 19.2. The van der Waals surface area contributed by atoms with E-state index in [1.165, 1.54) is 12.1 Å². The smallest absolute Gasteiger partial charge is 0.394 e. The lowest BCUT2D eigenvalue weighted by Crippen LogP contribution is -2.19. The molecule has 140 valence electrons. The number of hydrogen-bond donors (Lipinski definition) is 0. The minimum absolute atomic E-state index is 0.0245. The summed E-state index contributed by atoms with van der Waals surface area (Å²) in [5.41, 5.74) is 1.22. The van der Waals surface area contributed by atoms with Crippen LogP contribution in [0, 0.1) is 5.92 Å². The first-order valence-electron chi connectivity index (χ1n) is 8.51. The van der Waals surface area contributed by atoms with Crippen molar-refractivity contribution in [2.24, 2.45) is 5.92 Å². The number of nitrogens with zero attached hydrogens (tertiary/aromatic N) is 1. The number of aromatic nitrogens is 1. The predicted molar refractivity (Wildman–Crippen MR) is 94.7 cm³/mol. The van der Waals surface area contributed by atoms with Gasteiger partial charge in [-0.05, 0) is 30.5 Å². The van der Waals surface area contributed by atoms with Crippen molar-refractivity contribution in [1.82, 2.24) is 4.98 Å². The molecular weight excluding hydrogens is 340 g/mol. The van der Waals surface area contributed by atoms with Crippen LogP contribution in [0.5, 0.6) is 11.5 Å². The molecule has 0 unspecified atom stereocenters. The van der Waals surface area contributed by atoms with Crippen molar-refractivity contribution in [3.63, 3.8) is 0 Å². The van der Waals surface area contributed by atoms with E-state index in [-0.39, 0.29) is 18.1 Å². The van der Waals surface area contributed by atoms with Gasteiger partial charge in [-0.25, -0.2) is 0 Å². The van der Waals surface area contributed by atoms with Gasteiger partial charge in [0.25, 0.3) is 0 Å². The van der Waals surface area contributed by atoms with Crippen LogP contribution in [0.3, 0.4) is 0 Å². The minimum Gasteiger partial charge on any atom is -0.489 e. The molecular formula is C20H23F2NO3. The summed E-state index contributed by atoms with van der Waals surface area (Å²) in [6.45, 7) is 5.03. The third-order valence-corrected chi connectivity index (χ3v) is 3.57. The molecule has 1 heterocycles. The second kappa shape index (κ2) is 8.74. The van der Waals surface area contributed by atoms with Crippen LogP contribution in [0.2, 0.25) is 0 Å². The van der Waals surface area contributed by atoms with E-state index in [1.807, 2.05) is 0 Å². The maximum absolute atomic E-state index is 12.9. The molecule has 0 aliphatic heterocycles. The van der Waals surface area contributed by atoms with Gasteiger partial charge in [0.15, 0.2) is 5.78 Å². The van der Waals surface area contributed by atoms with Crippen molar-refractivity contribution >= 4 is 5.78 Å². The molecule has 26 heavy (non-hydrogen) atoms. The SMILES string of the molecule is CC(C)CCC(=O)c1ccc(COc2cccc(OC(C)(F)F)c2)cn1. The van der Waals surface area contributed by atoms with Crippen molar-refractivity contribution in [2.75, 3.05) is 0 Å². The number of Topliss-reactive ketones (excluding diaryl/α,β-unsaturated/α-hetero) is 1. The summed E-state index contributed by atoms with van der Waals surface area (Å²) in [4.78, 5) is 16.2. The van der Waals surface area contributed by atoms with Crippen molar-refractivity contribution in [1.29, 1.82) is 0 Å². The zero-order valence-corrected chi connectivity index (χ0v) is 15.2. The molecule has 0 saturated heterocycles. The second-order valence-corrected chi connectivity index (χ2v) is 6.58. The molecule has 1 aromatic carbocycles. The van der Waals surface area contributed by atoms with Crippen molar-refractivity contribution in [3.05, 3.63) is 53.9 Å². The second-order valence-electron chi connectivity index (χ2n) is 6.58. The van der Waals surface area contributed by atoms with E-state index < -0.39 is 6.11 Å². The summed E-state index contributed by atoms with van der Waals surface area (Å²) < 4.78 is 35.9. The molecule has 0 N–H and O–H groups in total. The lowest BCUT2D eigenvalue weighted by atomic mass is 10.0. The van der Waals surface area contributed by atoms with Crippen LogP contribution in [0.25, 0.3) is 0 Å². The van der Waals surface area contributed by atoms with E-state index in [0.29, 0.717) is 30.7 Å². The predicted octanol–water partition coefficient (Wildman–Crippen LogP) is 5.27. The summed E-state index contributed by atoms with van der Waals surface area (Å²) in [7, 11) is 0. The van der Waals surface area contributed by atoms with E-state index in [0.717, 1.165) is 12.0 Å². The Balaban J connectivity index is 1.92. The van der Waals surface area contributed by atoms with Gasteiger partial charge < -0.3 is 9.47 Å². The third kappa shape index (κ3) is 6.78. The van der Waals surface area contributed by atoms with Crippen LogP contribution in [-0.4, -0.2) is 16.9 Å². The van der Waals surface area contributed by atoms with E-state index in [9.17, 15) is 13.6 Å². The van der Waals surface area contributed by atoms with Crippen LogP contribution in [-0.2, 0) is 6.61 Å². The summed E-state index contributed by atoms with van der Waals surface area (Å²) in [5, 5.41) is 0. The summed E-state index contributed by atoms with van der Waals surface area (Å²) in [6.07, 6.45) is -0.348. The first-order valence-corrected chi connectivity index (χ1v) is 8.51. The largest absolute Gasteiger partial charge is 0.489 e. The average molecular weight is 363 g/mol. The molecule has 0 fully saturated rings. The number of ketones is 1. The molecule has 0 radical (unpaired) electrons. The van der Waals surface area contributed by atoms with Gasteiger partial charge in [0, 0.05) is 31.2 Å². The summed E-state index contributed by atoms with van der Waals surface area (Å²) in [5.74, 6) is 0.929. The number of carbonyl (C=O) groups excluding carboxylic acids is 1. The van der Waals surface area contributed by atoms with Gasteiger partial charge in [0.05, 0.1) is 0 Å². The van der Waals surface area contributed by atoms with Crippen LogP contribution in [0.1, 0.15) is 49.7 Å². The van der Waals surface area contributed by atoms with Crippen molar-refractivity contribution < 1.29 is 23.0 Å². The lowest BCUT2D eigenvalue weighted by Gasteiger charge is -2.14. The van der Waals surface area contributed by atoms with E-state index in [4.69, 9.17) is 4.74 Å². The highest BCUT2D eigenvalue weighted by molar-refractivity contribution is 5.94. The highest BCUT2D eigenvalue weighted by Gasteiger charge is 2.23. The number of rotatable bonds is 9. The fourth-order valence-corrected chi connectivity index (χ4v) is 2.22. The van der Waals surface area contributed by atoms with Gasteiger partial charge in [0.2, 0.25) is 0 Å². The molecule has 0 bridgehead atoms. The van der Waals surface area contributed by atoms with Crippen molar-refractivity contribution in [3.8, 4) is 11.5 Å². The quantitative estimate of drug-likeness (QED) is 0.569. The Labute approximate surface area is 152 Å². The Morgan fingerprint density at radius 1 is 1.19 bits per heavy atom. The molecule has 6 heteroatoms. The molecule has 0 aliphatic carbocycles. The number of pyridine rings is 1. The van der Waals surface area contributed by atoms with Gasteiger partial charge in [0.1, 0.15) is 23.8 Å². The van der Waals surface area contributed by atoms with Gasteiger partial charge in [-0.2, -0.15) is 8.78 Å². The number of carbonyl (C=O) groups is 1. The fourth-order valence-electron chi connectivity index (χ4n) is 2.22. The molecule has 0 atom stereocenters. The monoisotopic (exact) mass is 363 g/mol. The fraction of sp³-hybridized carbons (Fsp3) is 0.400. The lowest BCUT2D eigenvalue weighted by molar-refractivity contribution is -0.159. The molecule has 2 aromatic rings. The first kappa shape index (κ1) is 19.8. The standard InChI is InChI=1S/C20H23F2NO3/c1-14(2)7-10-19(24)18-9-8-15(12-23-18)13-25-16-5-4-6-17(11-16)26-20(3,21)22/h4-6,8-9,11-12,14H,7,10,13H2,1-3H3. The normalized spacial score (nSPS) is 11.5. The van der Waals surface area contributed by atoms with E-state index in [1.54, 1.807) is 30.5 Å². The maximum atomic E-state index is 12.9. The number of hydrogen-bond acceptors (Lipinski definition) is 4. The highest BCUT2D eigenvalue weighted by atomic mass is 19.3. The van der Waals surface area contributed by atoms with Crippen LogP contribution < -0.4 is 9.47 Å². The van der Waals surface area contributed by atoms with Gasteiger partial charge in [-0.15, -0.1) is 0 Å². The number of ether oxygens (including phenoxy) is 2. The Morgan fingerprint density at radius 3 is 2.54 bits per heavy atom. The first-order chi connectivity index (χ1) is 12.2. The van der Waals surface area contributed by atoms with Crippen LogP contribution in [0.4, 0.5) is 8.78 Å². The van der Waals surface area contributed by atoms with E-state index >= 15 is 0 Å². The van der Waals surface area contributed by atoms with Crippen LogP contribution >= 0.6 is 0 Å². The average Bonchev–Trinajstić information content (AvgIpc) is 2.57. The number of halogens is 2. The van der Waals surface area contributed by atoms with Crippen molar-refractivity contribution in [2.45, 2.75) is 46.3 Å². The zero-order valence-electron chi connectivity index (χ0n) is 15.2. The topological polar surface area (TPSA) is 48.4 Å². The van der Waals surface area contributed by atoms with Gasteiger partial charge in [-0.3, -0.25) is 9.78 Å². The summed E-state index contributed by atoms with van der Waals surface area (Å²) in [6, 6.07) is 9.51. The molecule has 0 amide bonds. The summed E-state index contributed by atoms with van der Waals surface area (Å²) >= 11 is 0. The molecule has 0 spiro atoms. The Morgan fingerprint density at radius 2 is 1.92 bits per heavy atom. The molecule has 2 rings (SSSR count). The molecule has 1 aromatic heterocycles. The molecule has 4 nitrogen and oxygen atoms in total. The number of benzene rings is 1. The van der Waals surface area contributed by atoms with Gasteiger partial charge >= 0.3 is 6.11 Å². The Bertz CT molecular complexity index is 725. The van der Waals surface area contributed by atoms with Crippen LogP contribution in [0.15, 0.2) is 42.6 Å². The Hall–Kier alpha value is -2.50. The highest BCUT2D eigenvalue weighted by Crippen LogP contribution is 2.25. The minimum atomic E-state index is -3.25. The van der Waals surface area contributed by atoms with Gasteiger partial charge in [-0.1, -0.05) is 26.0 Å². The van der Waals surface area contributed by atoms with E-state index in [2.05, 4.69) is 23.6 Å². The molecule has 0 aliphatic rings. The molecule has 0 saturated carbocycles.